The van der Waals surface area contributed by atoms with Crippen molar-refractivity contribution in [1.29, 1.82) is 0 Å². The molecular formula is C14H15FN4O2S. The lowest BCUT2D eigenvalue weighted by molar-refractivity contribution is 0.280. The molecule has 2 heterocycles. The first-order chi connectivity index (χ1) is 10.5. The monoisotopic (exact) mass is 322 g/mol. The second-order valence-corrected chi connectivity index (χ2v) is 7.08. The topological polar surface area (TPSA) is 75.2 Å². The number of hydrogen-bond donors (Lipinski definition) is 1. The Morgan fingerprint density at radius 2 is 1.95 bits per heavy atom. The lowest BCUT2D eigenvalue weighted by atomic mass is 10.2. The zero-order valence-corrected chi connectivity index (χ0v) is 12.7. The van der Waals surface area contributed by atoms with Crippen molar-refractivity contribution in [1.82, 2.24) is 14.3 Å². The molecule has 0 aliphatic carbocycles. The van der Waals surface area contributed by atoms with Crippen LogP contribution in [0.3, 0.4) is 0 Å². The van der Waals surface area contributed by atoms with Gasteiger partial charge in [-0.15, -0.1) is 0 Å². The van der Waals surface area contributed by atoms with Crippen LogP contribution >= 0.6 is 0 Å². The molecule has 8 heteroatoms. The molecule has 0 spiro atoms. The van der Waals surface area contributed by atoms with Gasteiger partial charge in [0.25, 0.3) is 0 Å². The number of halogens is 1. The number of rotatable bonds is 4. The first kappa shape index (κ1) is 14.9. The second kappa shape index (κ2) is 5.62. The van der Waals surface area contributed by atoms with Crippen LogP contribution < -0.4 is 5.32 Å². The summed E-state index contributed by atoms with van der Waals surface area (Å²) < 4.78 is 39.4. The summed E-state index contributed by atoms with van der Waals surface area (Å²) in [6, 6.07) is 5.50. The van der Waals surface area contributed by atoms with Crippen molar-refractivity contribution in [3.8, 4) is 0 Å². The van der Waals surface area contributed by atoms with Crippen LogP contribution in [-0.2, 0) is 10.0 Å². The van der Waals surface area contributed by atoms with Crippen molar-refractivity contribution >= 4 is 16.0 Å². The summed E-state index contributed by atoms with van der Waals surface area (Å²) in [5, 5.41) is 3.06. The van der Waals surface area contributed by atoms with Gasteiger partial charge in [0.05, 0.1) is 10.9 Å². The molecule has 1 aliphatic rings. The van der Waals surface area contributed by atoms with E-state index in [0.717, 1.165) is 0 Å². The lowest BCUT2D eigenvalue weighted by Crippen LogP contribution is -2.56. The first-order valence-corrected chi connectivity index (χ1v) is 8.21. The number of nitrogens with one attached hydrogen (secondary N) is 1. The van der Waals surface area contributed by atoms with Gasteiger partial charge >= 0.3 is 0 Å². The molecule has 1 saturated heterocycles. The Bertz CT molecular complexity index is 777. The van der Waals surface area contributed by atoms with Gasteiger partial charge in [-0.2, -0.15) is 4.31 Å². The van der Waals surface area contributed by atoms with E-state index in [2.05, 4.69) is 15.3 Å². The summed E-state index contributed by atoms with van der Waals surface area (Å²) in [6.45, 7) is 2.20. The van der Waals surface area contributed by atoms with E-state index in [4.69, 9.17) is 0 Å². The van der Waals surface area contributed by atoms with Crippen LogP contribution in [0.4, 0.5) is 10.3 Å². The van der Waals surface area contributed by atoms with Gasteiger partial charge in [0.1, 0.15) is 5.82 Å². The van der Waals surface area contributed by atoms with Crippen molar-refractivity contribution in [3.63, 3.8) is 0 Å². The van der Waals surface area contributed by atoms with Crippen molar-refractivity contribution < 1.29 is 12.8 Å². The Hall–Kier alpha value is -2.06. The van der Waals surface area contributed by atoms with Gasteiger partial charge in [0.2, 0.25) is 16.0 Å². The Labute approximate surface area is 128 Å². The molecule has 116 valence electrons. The highest BCUT2D eigenvalue weighted by atomic mass is 32.2. The minimum atomic E-state index is -3.58. The molecule has 0 atom stereocenters. The third-order valence-corrected chi connectivity index (χ3v) is 5.34. The molecule has 1 N–H and O–H groups in total. The molecule has 1 fully saturated rings. The van der Waals surface area contributed by atoms with Gasteiger partial charge in [-0.25, -0.2) is 22.8 Å². The number of aryl methyl sites for hydroxylation is 1. The van der Waals surface area contributed by atoms with E-state index in [1.807, 2.05) is 0 Å². The largest absolute Gasteiger partial charge is 0.349 e. The van der Waals surface area contributed by atoms with E-state index in [1.54, 1.807) is 25.4 Å². The van der Waals surface area contributed by atoms with E-state index < -0.39 is 15.8 Å². The molecular weight excluding hydrogens is 307 g/mol. The summed E-state index contributed by atoms with van der Waals surface area (Å²) in [5.74, 6) is 0.0607. The Morgan fingerprint density at radius 3 is 2.59 bits per heavy atom. The smallest absolute Gasteiger partial charge is 0.243 e. The van der Waals surface area contributed by atoms with E-state index >= 15 is 0 Å². The molecule has 1 aromatic heterocycles. The summed E-state index contributed by atoms with van der Waals surface area (Å²) in [7, 11) is -3.58. The minimum Gasteiger partial charge on any atom is -0.349 e. The van der Waals surface area contributed by atoms with E-state index in [9.17, 15) is 12.8 Å². The third-order valence-electron chi connectivity index (χ3n) is 3.51. The molecule has 3 rings (SSSR count). The maximum atomic E-state index is 13.3. The van der Waals surface area contributed by atoms with Crippen LogP contribution in [0.15, 0.2) is 41.6 Å². The predicted octanol–water partition coefficient (Wildman–Crippen LogP) is 1.41. The number of sulfonamides is 1. The van der Waals surface area contributed by atoms with Crippen LogP contribution in [0.25, 0.3) is 0 Å². The van der Waals surface area contributed by atoms with Gasteiger partial charge in [-0.05, 0) is 36.8 Å². The summed E-state index contributed by atoms with van der Waals surface area (Å²) in [5.41, 5.74) is 0.314. The predicted molar refractivity (Wildman–Crippen MR) is 79.3 cm³/mol. The zero-order chi connectivity index (χ0) is 15.7. The second-order valence-electron chi connectivity index (χ2n) is 5.15. The van der Waals surface area contributed by atoms with Crippen LogP contribution in [-0.4, -0.2) is 41.8 Å². The zero-order valence-electron chi connectivity index (χ0n) is 11.9. The van der Waals surface area contributed by atoms with Crippen molar-refractivity contribution in [3.05, 3.63) is 48.0 Å². The molecule has 1 aromatic carbocycles. The highest BCUT2D eigenvalue weighted by Gasteiger charge is 2.37. The fraction of sp³-hybridized carbons (Fsp3) is 0.286. The lowest BCUT2D eigenvalue weighted by Gasteiger charge is -2.38. The first-order valence-electron chi connectivity index (χ1n) is 6.76. The van der Waals surface area contributed by atoms with Crippen molar-refractivity contribution in [2.24, 2.45) is 0 Å². The van der Waals surface area contributed by atoms with Crippen LogP contribution in [0, 0.1) is 12.7 Å². The highest BCUT2D eigenvalue weighted by Crippen LogP contribution is 2.24. The molecule has 0 unspecified atom stereocenters. The standard InChI is InChI=1S/C14H15FN4O2S/c1-10-7-12(3-4-13(10)15)22(20,21)19-8-11(9-19)18-14-16-5-2-6-17-14/h2-7,11H,8-9H2,1H3,(H,16,17,18). The van der Waals surface area contributed by atoms with Crippen molar-refractivity contribution in [2.45, 2.75) is 17.9 Å². The number of benzene rings is 1. The summed E-state index contributed by atoms with van der Waals surface area (Å²) in [6.07, 6.45) is 3.23. The van der Waals surface area contributed by atoms with Crippen molar-refractivity contribution in [2.75, 3.05) is 18.4 Å². The minimum absolute atomic E-state index is 0.0290. The van der Waals surface area contributed by atoms with Gasteiger partial charge in [0, 0.05) is 25.5 Å². The summed E-state index contributed by atoms with van der Waals surface area (Å²) in [4.78, 5) is 8.18. The molecule has 22 heavy (non-hydrogen) atoms. The van der Waals surface area contributed by atoms with Gasteiger partial charge < -0.3 is 5.32 Å². The van der Waals surface area contributed by atoms with Gasteiger partial charge in [-0.1, -0.05) is 0 Å². The average molecular weight is 322 g/mol. The maximum Gasteiger partial charge on any atom is 0.243 e. The number of hydrogen-bond acceptors (Lipinski definition) is 5. The molecule has 0 amide bonds. The third kappa shape index (κ3) is 2.79. The number of nitrogens with zero attached hydrogens (tertiary/aromatic N) is 3. The fourth-order valence-electron chi connectivity index (χ4n) is 2.21. The normalized spacial score (nSPS) is 16.3. The van der Waals surface area contributed by atoms with Gasteiger partial charge in [0.15, 0.2) is 0 Å². The molecule has 0 saturated carbocycles. The Morgan fingerprint density at radius 1 is 1.27 bits per heavy atom. The Balaban J connectivity index is 1.67. The number of aromatic nitrogens is 2. The SMILES string of the molecule is Cc1cc(S(=O)(=O)N2CC(Nc3ncccn3)C2)ccc1F. The molecule has 0 bridgehead atoms. The average Bonchev–Trinajstić information content (AvgIpc) is 2.46. The molecule has 0 radical (unpaired) electrons. The van der Waals surface area contributed by atoms with E-state index in [1.165, 1.54) is 22.5 Å². The van der Waals surface area contributed by atoms with Crippen LogP contribution in [0.2, 0.25) is 0 Å². The van der Waals surface area contributed by atoms with Gasteiger partial charge in [-0.3, -0.25) is 0 Å². The summed E-state index contributed by atoms with van der Waals surface area (Å²) >= 11 is 0. The molecule has 2 aromatic rings. The fourth-order valence-corrected chi connectivity index (χ4v) is 3.82. The quantitative estimate of drug-likeness (QED) is 0.921. The highest BCUT2D eigenvalue weighted by molar-refractivity contribution is 7.89. The molecule has 1 aliphatic heterocycles. The van der Waals surface area contributed by atoms with E-state index in [0.29, 0.717) is 24.6 Å². The molecule has 6 nitrogen and oxygen atoms in total. The van der Waals surface area contributed by atoms with E-state index in [-0.39, 0.29) is 10.9 Å². The Kier molecular flexibility index (Phi) is 3.79. The maximum absolute atomic E-state index is 13.3. The van der Waals surface area contributed by atoms with Crippen LogP contribution in [0.5, 0.6) is 0 Å². The van der Waals surface area contributed by atoms with Crippen LogP contribution in [0.1, 0.15) is 5.56 Å². The number of anilines is 1.